The van der Waals surface area contributed by atoms with E-state index in [1.54, 1.807) is 6.21 Å². The molecule has 0 bridgehead atoms. The molecule has 8 heteroatoms. The van der Waals surface area contributed by atoms with E-state index in [2.05, 4.69) is 32.9 Å². The number of benzene rings is 1. The topological polar surface area (TPSA) is 72.9 Å². The van der Waals surface area contributed by atoms with Gasteiger partial charge in [-0.2, -0.15) is 0 Å². The molecule has 0 spiro atoms. The van der Waals surface area contributed by atoms with Crippen LogP contribution in [-0.2, 0) is 0 Å². The number of rotatable bonds is 5. The number of amidine groups is 1. The lowest BCUT2D eigenvalue weighted by Crippen LogP contribution is -2.12. The number of allylic oxidation sites excluding steroid dienone is 1. The summed E-state index contributed by atoms with van der Waals surface area (Å²) in [4.78, 5) is 11.8. The zero-order chi connectivity index (χ0) is 16.7. The Bertz CT molecular complexity index is 744. The van der Waals surface area contributed by atoms with Gasteiger partial charge in [-0.25, -0.2) is 5.26 Å². The van der Waals surface area contributed by atoms with Crippen molar-refractivity contribution < 1.29 is 0 Å². The predicted octanol–water partition coefficient (Wildman–Crippen LogP) is 3.54. The molecule has 1 aromatic carbocycles. The maximum atomic E-state index is 8.85. The van der Waals surface area contributed by atoms with Gasteiger partial charge in [0.05, 0.1) is 0 Å². The summed E-state index contributed by atoms with van der Waals surface area (Å²) in [5.41, 5.74) is 2.69. The van der Waals surface area contributed by atoms with Crippen molar-refractivity contribution in [1.82, 2.24) is 0 Å². The van der Waals surface area contributed by atoms with Gasteiger partial charge >= 0.3 is 6.85 Å². The van der Waals surface area contributed by atoms with Gasteiger partial charge in [0.1, 0.15) is 16.9 Å². The van der Waals surface area contributed by atoms with Crippen molar-refractivity contribution >= 4 is 60.1 Å². The maximum absolute atomic E-state index is 8.85. The number of halogens is 2. The number of hydrogen-bond acceptors (Lipinski definition) is 4. The van der Waals surface area contributed by atoms with Crippen LogP contribution in [0.15, 0.2) is 56.4 Å². The third kappa shape index (κ3) is 4.55. The fourth-order valence-corrected chi connectivity index (χ4v) is 2.21. The van der Waals surface area contributed by atoms with Crippen LogP contribution in [0.3, 0.4) is 0 Å². The van der Waals surface area contributed by atoms with E-state index in [9.17, 15) is 0 Å². The molecule has 0 unspecified atom stereocenters. The Morgan fingerprint density at radius 1 is 1.43 bits per heavy atom. The van der Waals surface area contributed by atoms with E-state index >= 15 is 0 Å². The summed E-state index contributed by atoms with van der Waals surface area (Å²) < 4.78 is 0. The number of aliphatic imine (C=N–C) groups is 2. The molecule has 0 atom stereocenters. The van der Waals surface area contributed by atoms with Gasteiger partial charge in [-0.3, -0.25) is 9.98 Å². The minimum absolute atomic E-state index is 0.0700. The van der Waals surface area contributed by atoms with Gasteiger partial charge in [-0.15, -0.1) is 11.6 Å². The van der Waals surface area contributed by atoms with Crippen LogP contribution in [0.5, 0.6) is 0 Å². The van der Waals surface area contributed by atoms with Crippen LogP contribution >= 0.6 is 23.2 Å². The normalized spacial score (nSPS) is 14.5. The zero-order valence-corrected chi connectivity index (χ0v) is 13.6. The standard InChI is InChI=1S/C15H12BCl2N5/c1-20-8-14(18)15(21-10-17)23-13-4-2-11(3-5-13)12-6-16(9-19)22-7-12/h2-8H,1,10H2,(H,21,23)/b14-8+. The van der Waals surface area contributed by atoms with E-state index in [1.807, 2.05) is 30.2 Å². The van der Waals surface area contributed by atoms with Crippen molar-refractivity contribution in [1.29, 1.82) is 5.26 Å². The molecule has 1 aliphatic heterocycles. The molecule has 5 nitrogen and oxygen atoms in total. The summed E-state index contributed by atoms with van der Waals surface area (Å²) in [5, 5.41) is 12.2. The van der Waals surface area contributed by atoms with Crippen molar-refractivity contribution in [2.75, 3.05) is 11.3 Å². The Kier molecular flexibility index (Phi) is 6.15. The van der Waals surface area contributed by atoms with Crippen molar-refractivity contribution in [2.24, 2.45) is 14.9 Å². The lowest BCUT2D eigenvalue weighted by Gasteiger charge is -2.09. The van der Waals surface area contributed by atoms with Crippen LogP contribution in [0, 0.1) is 11.2 Å². The van der Waals surface area contributed by atoms with Crippen LogP contribution in [0.1, 0.15) is 5.56 Å². The molecule has 114 valence electrons. The average molecular weight is 344 g/mol. The van der Waals surface area contributed by atoms with Crippen molar-refractivity contribution in [3.8, 4) is 5.97 Å². The SMILES string of the molecule is C=N/C=C(Cl)\C(=N/CCl)Nc1ccc(C2=CB(C#N)N=C2)cc1. The van der Waals surface area contributed by atoms with Crippen LogP contribution in [0.2, 0.25) is 0 Å². The summed E-state index contributed by atoms with van der Waals surface area (Å²) in [5.74, 6) is 4.32. The van der Waals surface area contributed by atoms with Crippen LogP contribution in [0.25, 0.3) is 5.57 Å². The fraction of sp³-hybridized carbons (Fsp3) is 0.0667. The summed E-state index contributed by atoms with van der Waals surface area (Å²) in [7, 11) is 0. The van der Waals surface area contributed by atoms with E-state index < -0.39 is 6.85 Å². The lowest BCUT2D eigenvalue weighted by atomic mass is 9.66. The second kappa shape index (κ2) is 8.32. The number of hydrogen-bond donors (Lipinski definition) is 1. The van der Waals surface area contributed by atoms with Gasteiger partial charge < -0.3 is 10.2 Å². The Morgan fingerprint density at radius 2 is 2.17 bits per heavy atom. The number of nitriles is 1. The average Bonchev–Trinajstić information content (AvgIpc) is 3.04. The minimum Gasteiger partial charge on any atom is -0.339 e. The number of anilines is 1. The molecule has 0 aromatic heterocycles. The van der Waals surface area contributed by atoms with Crippen molar-refractivity contribution in [3.63, 3.8) is 0 Å². The molecule has 23 heavy (non-hydrogen) atoms. The quantitative estimate of drug-likeness (QED) is 0.292. The van der Waals surface area contributed by atoms with E-state index in [0.717, 1.165) is 16.8 Å². The van der Waals surface area contributed by atoms with Crippen molar-refractivity contribution in [3.05, 3.63) is 47.0 Å². The Morgan fingerprint density at radius 3 is 2.74 bits per heavy atom. The molecule has 1 N–H and O–H groups in total. The van der Waals surface area contributed by atoms with E-state index in [1.165, 1.54) is 6.20 Å². The molecule has 0 amide bonds. The Balaban J connectivity index is 2.15. The van der Waals surface area contributed by atoms with E-state index in [-0.39, 0.29) is 6.00 Å². The van der Waals surface area contributed by atoms with Gasteiger partial charge in [-0.05, 0) is 30.0 Å². The Hall–Kier alpha value is -2.36. The molecule has 1 aliphatic rings. The van der Waals surface area contributed by atoms with Gasteiger partial charge in [0.2, 0.25) is 0 Å². The first-order valence-corrected chi connectivity index (χ1v) is 7.53. The van der Waals surface area contributed by atoms with Crippen LogP contribution in [-0.4, -0.2) is 31.6 Å². The van der Waals surface area contributed by atoms with Crippen LogP contribution < -0.4 is 5.32 Å². The zero-order valence-electron chi connectivity index (χ0n) is 12.1. The molecule has 1 aromatic rings. The highest BCUT2D eigenvalue weighted by molar-refractivity contribution is 6.75. The monoisotopic (exact) mass is 343 g/mol. The molecule has 0 radical (unpaired) electrons. The number of alkyl halides is 1. The van der Waals surface area contributed by atoms with Gasteiger partial charge in [0.15, 0.2) is 0 Å². The third-order valence-corrected chi connectivity index (χ3v) is 3.37. The highest BCUT2D eigenvalue weighted by Gasteiger charge is 2.16. The highest BCUT2D eigenvalue weighted by atomic mass is 35.5. The molecule has 0 saturated heterocycles. The predicted molar refractivity (Wildman–Crippen MR) is 99.5 cm³/mol. The number of nitrogens with one attached hydrogen (secondary N) is 1. The largest absolute Gasteiger partial charge is 0.422 e. The molecule has 1 heterocycles. The second-order valence-corrected chi connectivity index (χ2v) is 5.11. The van der Waals surface area contributed by atoms with Gasteiger partial charge in [0, 0.05) is 24.1 Å². The fourth-order valence-electron chi connectivity index (χ4n) is 1.92. The van der Waals surface area contributed by atoms with Crippen LogP contribution in [0.4, 0.5) is 5.69 Å². The maximum Gasteiger partial charge on any atom is 0.422 e. The first-order chi connectivity index (χ1) is 11.2. The third-order valence-electron chi connectivity index (χ3n) is 2.97. The summed E-state index contributed by atoms with van der Waals surface area (Å²) in [6, 6.07) is 7.65. The first kappa shape index (κ1) is 17.0. The molecular formula is C15H12BCl2N5. The molecule has 0 aliphatic carbocycles. The highest BCUT2D eigenvalue weighted by Crippen LogP contribution is 2.20. The smallest absolute Gasteiger partial charge is 0.339 e. The summed E-state index contributed by atoms with van der Waals surface area (Å²) in [6.45, 7) is 2.95. The Labute approximate surface area is 144 Å². The van der Waals surface area contributed by atoms with E-state index in [0.29, 0.717) is 10.9 Å². The first-order valence-electron chi connectivity index (χ1n) is 6.62. The van der Waals surface area contributed by atoms with Gasteiger partial charge in [0.25, 0.3) is 0 Å². The van der Waals surface area contributed by atoms with Gasteiger partial charge in [-0.1, -0.05) is 29.7 Å². The summed E-state index contributed by atoms with van der Waals surface area (Å²) >= 11 is 11.7. The molecule has 0 saturated carbocycles. The van der Waals surface area contributed by atoms with E-state index in [4.69, 9.17) is 28.5 Å². The lowest BCUT2D eigenvalue weighted by molar-refractivity contribution is 1.35. The molecule has 0 fully saturated rings. The molecule has 2 rings (SSSR count). The molecular weight excluding hydrogens is 332 g/mol. The minimum atomic E-state index is -0.402. The number of nitrogens with zero attached hydrogens (tertiary/aromatic N) is 4. The summed E-state index contributed by atoms with van der Waals surface area (Å²) in [6.07, 6.45) is 3.09. The van der Waals surface area contributed by atoms with Crippen molar-refractivity contribution in [2.45, 2.75) is 0 Å². The second-order valence-electron chi connectivity index (χ2n) is 4.46.